The zero-order chi connectivity index (χ0) is 24.1. The normalized spacial score (nSPS) is 17.1. The summed E-state index contributed by atoms with van der Waals surface area (Å²) in [6.07, 6.45) is 0.764. The van der Waals surface area contributed by atoms with Gasteiger partial charge in [-0.25, -0.2) is 4.99 Å². The number of hydrogen-bond acceptors (Lipinski definition) is 4. The predicted molar refractivity (Wildman–Crippen MR) is 141 cm³/mol. The average molecular weight is 512 g/mol. The predicted octanol–water partition coefficient (Wildman–Crippen LogP) is 6.50. The summed E-state index contributed by atoms with van der Waals surface area (Å²) in [6.45, 7) is 2.36. The number of amidine groups is 1. The Morgan fingerprint density at radius 1 is 1.09 bits per heavy atom. The maximum atomic E-state index is 13.2. The van der Waals surface area contributed by atoms with Gasteiger partial charge in [0.2, 0.25) is 11.8 Å². The molecule has 0 bridgehead atoms. The van der Waals surface area contributed by atoms with Gasteiger partial charge in [-0.3, -0.25) is 14.5 Å². The molecule has 0 aromatic heterocycles. The first-order valence-electron chi connectivity index (χ1n) is 10.8. The third-order valence-electron chi connectivity index (χ3n) is 5.37. The smallest absolute Gasteiger partial charge is 0.238 e. The minimum absolute atomic E-state index is 0.0828. The van der Waals surface area contributed by atoms with Gasteiger partial charge in [0.05, 0.1) is 5.69 Å². The van der Waals surface area contributed by atoms with Crippen LogP contribution in [0.3, 0.4) is 0 Å². The van der Waals surface area contributed by atoms with E-state index in [4.69, 9.17) is 23.2 Å². The molecule has 1 saturated heterocycles. The number of amides is 2. The first kappa shape index (κ1) is 24.3. The van der Waals surface area contributed by atoms with Crippen LogP contribution in [0, 0.1) is 6.92 Å². The molecule has 8 heteroatoms. The van der Waals surface area contributed by atoms with Crippen molar-refractivity contribution in [2.45, 2.75) is 25.0 Å². The second-order valence-corrected chi connectivity index (χ2v) is 9.93. The summed E-state index contributed by atoms with van der Waals surface area (Å²) in [5.41, 5.74) is 3.26. The molecule has 4 rings (SSSR count). The molecule has 1 unspecified atom stereocenters. The molecule has 1 heterocycles. The number of aliphatic imine (C=N–C) groups is 1. The van der Waals surface area contributed by atoms with Crippen molar-refractivity contribution in [1.82, 2.24) is 4.90 Å². The van der Waals surface area contributed by atoms with Gasteiger partial charge in [0.15, 0.2) is 5.17 Å². The highest BCUT2D eigenvalue weighted by atomic mass is 35.5. The highest BCUT2D eigenvalue weighted by molar-refractivity contribution is 8.15. The van der Waals surface area contributed by atoms with E-state index in [2.05, 4.69) is 10.3 Å². The second-order valence-electron chi connectivity index (χ2n) is 7.92. The summed E-state index contributed by atoms with van der Waals surface area (Å²) >= 11 is 13.6. The molecule has 3 aromatic carbocycles. The van der Waals surface area contributed by atoms with E-state index in [0.29, 0.717) is 39.6 Å². The van der Waals surface area contributed by atoms with Crippen LogP contribution in [-0.4, -0.2) is 33.7 Å². The number of nitrogens with zero attached hydrogens (tertiary/aromatic N) is 2. The number of halogens is 2. The Hall–Kier alpha value is -2.80. The van der Waals surface area contributed by atoms with Crippen LogP contribution in [0.25, 0.3) is 0 Å². The average Bonchev–Trinajstić information content (AvgIpc) is 2.81. The number of carbonyl (C=O) groups excluding carboxylic acids is 2. The molecule has 1 fully saturated rings. The topological polar surface area (TPSA) is 61.8 Å². The molecule has 0 radical (unpaired) electrons. The number of carbonyl (C=O) groups is 2. The molecule has 0 saturated carbocycles. The fourth-order valence-electron chi connectivity index (χ4n) is 3.50. The summed E-state index contributed by atoms with van der Waals surface area (Å²) in [6, 6.07) is 22.4. The Labute approximate surface area is 213 Å². The quantitative estimate of drug-likeness (QED) is 0.410. The first-order valence-corrected chi connectivity index (χ1v) is 12.4. The SMILES string of the molecule is Cc1ccc(NC(=O)C2CC(=O)N(CCc3ccccc3)C(=Nc3cccc(Cl)c3)S2)cc1Cl. The standard InChI is InChI=1S/C26H23Cl2N3O2S/c1-17-10-11-21(15-22(17)28)29-25(33)23-16-24(32)31(13-12-18-6-3-2-4-7-18)26(34-23)30-20-9-5-8-19(27)14-20/h2-11,14-15,23H,12-13,16H2,1H3,(H,29,33). The zero-order valence-corrected chi connectivity index (χ0v) is 20.8. The molecular weight excluding hydrogens is 489 g/mol. The van der Waals surface area contributed by atoms with Gasteiger partial charge in [-0.05, 0) is 54.8 Å². The molecule has 5 nitrogen and oxygen atoms in total. The van der Waals surface area contributed by atoms with E-state index in [1.807, 2.05) is 49.4 Å². The van der Waals surface area contributed by atoms with Crippen LogP contribution in [0.5, 0.6) is 0 Å². The zero-order valence-electron chi connectivity index (χ0n) is 18.5. The number of thioether (sulfide) groups is 1. The molecule has 1 aliphatic rings. The van der Waals surface area contributed by atoms with Gasteiger partial charge in [0.1, 0.15) is 5.25 Å². The lowest BCUT2D eigenvalue weighted by atomic mass is 10.1. The van der Waals surface area contributed by atoms with E-state index in [1.165, 1.54) is 11.8 Å². The highest BCUT2D eigenvalue weighted by Gasteiger charge is 2.35. The Morgan fingerprint density at radius 3 is 2.62 bits per heavy atom. The van der Waals surface area contributed by atoms with Gasteiger partial charge >= 0.3 is 0 Å². The van der Waals surface area contributed by atoms with Crippen LogP contribution in [-0.2, 0) is 16.0 Å². The van der Waals surface area contributed by atoms with E-state index in [9.17, 15) is 9.59 Å². The largest absolute Gasteiger partial charge is 0.325 e. The lowest BCUT2D eigenvalue weighted by Gasteiger charge is -2.32. The van der Waals surface area contributed by atoms with Gasteiger partial charge in [0.25, 0.3) is 0 Å². The molecule has 1 N–H and O–H groups in total. The lowest BCUT2D eigenvalue weighted by Crippen LogP contribution is -2.46. The van der Waals surface area contributed by atoms with Crippen molar-refractivity contribution in [2.24, 2.45) is 4.99 Å². The second kappa shape index (κ2) is 11.1. The number of anilines is 1. The number of nitrogens with one attached hydrogen (secondary N) is 1. The lowest BCUT2D eigenvalue weighted by molar-refractivity contribution is -0.129. The maximum Gasteiger partial charge on any atom is 0.238 e. The van der Waals surface area contributed by atoms with Gasteiger partial charge in [0, 0.05) is 28.7 Å². The van der Waals surface area contributed by atoms with E-state index >= 15 is 0 Å². The van der Waals surface area contributed by atoms with E-state index in [0.717, 1.165) is 11.1 Å². The van der Waals surface area contributed by atoms with E-state index < -0.39 is 5.25 Å². The summed E-state index contributed by atoms with van der Waals surface area (Å²) in [4.78, 5) is 32.5. The molecule has 3 aromatic rings. The van der Waals surface area contributed by atoms with Crippen molar-refractivity contribution >= 4 is 63.3 Å². The minimum Gasteiger partial charge on any atom is -0.325 e. The highest BCUT2D eigenvalue weighted by Crippen LogP contribution is 2.31. The van der Waals surface area contributed by atoms with Crippen molar-refractivity contribution in [1.29, 1.82) is 0 Å². The van der Waals surface area contributed by atoms with Crippen molar-refractivity contribution < 1.29 is 9.59 Å². The maximum absolute atomic E-state index is 13.2. The Balaban J connectivity index is 1.56. The van der Waals surface area contributed by atoms with Crippen LogP contribution < -0.4 is 5.32 Å². The fraction of sp³-hybridized carbons (Fsp3) is 0.192. The fourth-order valence-corrected chi connectivity index (χ4v) is 4.99. The molecule has 0 spiro atoms. The van der Waals surface area contributed by atoms with Gasteiger partial charge < -0.3 is 5.32 Å². The molecule has 34 heavy (non-hydrogen) atoms. The minimum atomic E-state index is -0.613. The van der Waals surface area contributed by atoms with Crippen LogP contribution in [0.4, 0.5) is 11.4 Å². The Kier molecular flexibility index (Phi) is 7.93. The molecular formula is C26H23Cl2N3O2S. The first-order chi connectivity index (χ1) is 16.4. The van der Waals surface area contributed by atoms with E-state index in [-0.39, 0.29) is 18.2 Å². The summed E-state index contributed by atoms with van der Waals surface area (Å²) in [7, 11) is 0. The van der Waals surface area contributed by atoms with Gasteiger partial charge in [-0.2, -0.15) is 0 Å². The number of rotatable bonds is 6. The van der Waals surface area contributed by atoms with Crippen LogP contribution >= 0.6 is 35.0 Å². The third-order valence-corrected chi connectivity index (χ3v) is 7.20. The van der Waals surface area contributed by atoms with E-state index in [1.54, 1.807) is 35.2 Å². The number of aryl methyl sites for hydroxylation is 1. The monoisotopic (exact) mass is 511 g/mol. The molecule has 1 atom stereocenters. The molecule has 2 amide bonds. The number of benzene rings is 3. The number of hydrogen-bond donors (Lipinski definition) is 1. The summed E-state index contributed by atoms with van der Waals surface area (Å²) in [5.74, 6) is -0.405. The summed E-state index contributed by atoms with van der Waals surface area (Å²) in [5, 5.41) is 3.87. The molecule has 174 valence electrons. The molecule has 1 aliphatic heterocycles. The van der Waals surface area contributed by atoms with Crippen molar-refractivity contribution in [3.8, 4) is 0 Å². The third kappa shape index (κ3) is 6.20. The van der Waals surface area contributed by atoms with Crippen LogP contribution in [0.1, 0.15) is 17.5 Å². The van der Waals surface area contributed by atoms with Gasteiger partial charge in [-0.15, -0.1) is 0 Å². The van der Waals surface area contributed by atoms with Crippen molar-refractivity contribution in [2.75, 3.05) is 11.9 Å². The van der Waals surface area contributed by atoms with Crippen LogP contribution in [0.2, 0.25) is 10.0 Å². The molecule has 0 aliphatic carbocycles. The van der Waals surface area contributed by atoms with Crippen LogP contribution in [0.15, 0.2) is 77.8 Å². The van der Waals surface area contributed by atoms with Crippen molar-refractivity contribution in [3.05, 3.63) is 94.0 Å². The van der Waals surface area contributed by atoms with Gasteiger partial charge in [-0.1, -0.05) is 77.4 Å². The Bertz CT molecular complexity index is 1230. The summed E-state index contributed by atoms with van der Waals surface area (Å²) < 4.78 is 0. The van der Waals surface area contributed by atoms with Crippen molar-refractivity contribution in [3.63, 3.8) is 0 Å². The Morgan fingerprint density at radius 2 is 1.88 bits per heavy atom.